The number of amides is 2. The first-order valence-electron chi connectivity index (χ1n) is 9.84. The summed E-state index contributed by atoms with van der Waals surface area (Å²) in [5.74, 6) is 2.79. The Morgan fingerprint density at radius 1 is 1.14 bits per heavy atom. The van der Waals surface area contributed by atoms with Crippen LogP contribution in [0, 0.1) is 5.92 Å². The Balaban J connectivity index is 1.48. The topological polar surface area (TPSA) is 79.8 Å². The van der Waals surface area contributed by atoms with E-state index in [0.717, 1.165) is 68.6 Å². The van der Waals surface area contributed by atoms with Gasteiger partial charge in [-0.1, -0.05) is 0 Å². The summed E-state index contributed by atoms with van der Waals surface area (Å²) in [5.41, 5.74) is 0. The number of methoxy groups -OCH3 is 2. The largest absolute Gasteiger partial charge is 0.493 e. The highest BCUT2D eigenvalue weighted by atomic mass is 16.5. The van der Waals surface area contributed by atoms with E-state index in [1.165, 1.54) is 0 Å². The molecule has 2 amide bonds. The van der Waals surface area contributed by atoms with Crippen molar-refractivity contribution >= 4 is 22.6 Å². The molecule has 1 aromatic heterocycles. The Kier molecular flexibility index (Phi) is 5.36. The lowest BCUT2D eigenvalue weighted by atomic mass is 9.95. The summed E-state index contributed by atoms with van der Waals surface area (Å²) >= 11 is 0. The number of piperidine rings is 1. The van der Waals surface area contributed by atoms with Crippen LogP contribution in [0.2, 0.25) is 0 Å². The molecule has 150 valence electrons. The Labute approximate surface area is 164 Å². The number of aromatic nitrogens is 2. The lowest BCUT2D eigenvalue weighted by Crippen LogP contribution is -2.49. The Morgan fingerprint density at radius 3 is 2.61 bits per heavy atom. The van der Waals surface area contributed by atoms with Crippen LogP contribution in [0.3, 0.4) is 0 Å². The van der Waals surface area contributed by atoms with Gasteiger partial charge in [-0.25, -0.2) is 4.79 Å². The Morgan fingerprint density at radius 2 is 1.89 bits per heavy atom. The molecule has 1 N–H and O–H groups in total. The van der Waals surface area contributed by atoms with Crippen molar-refractivity contribution in [2.75, 3.05) is 51.8 Å². The highest BCUT2D eigenvalue weighted by Gasteiger charge is 2.26. The van der Waals surface area contributed by atoms with Crippen molar-refractivity contribution in [3.05, 3.63) is 18.3 Å². The molecule has 0 atom stereocenters. The van der Waals surface area contributed by atoms with Crippen LogP contribution in [-0.2, 0) is 0 Å². The third-order valence-corrected chi connectivity index (χ3v) is 5.71. The molecule has 0 radical (unpaired) electrons. The van der Waals surface area contributed by atoms with E-state index in [2.05, 4.69) is 20.4 Å². The minimum Gasteiger partial charge on any atom is -0.493 e. The minimum absolute atomic E-state index is 0.0784. The van der Waals surface area contributed by atoms with Gasteiger partial charge in [-0.2, -0.15) is 5.10 Å². The van der Waals surface area contributed by atoms with Crippen molar-refractivity contribution in [3.8, 4) is 11.5 Å². The average molecular weight is 385 g/mol. The molecule has 2 aliphatic heterocycles. The molecule has 8 heteroatoms. The van der Waals surface area contributed by atoms with E-state index in [1.807, 2.05) is 17.0 Å². The highest BCUT2D eigenvalue weighted by Crippen LogP contribution is 2.36. The second kappa shape index (κ2) is 8.08. The number of hydrogen-bond donors (Lipinski definition) is 1. The molecule has 2 aliphatic rings. The molecule has 2 aromatic rings. The van der Waals surface area contributed by atoms with E-state index in [4.69, 9.17) is 9.47 Å². The molecule has 0 bridgehead atoms. The number of anilines is 1. The van der Waals surface area contributed by atoms with E-state index in [0.29, 0.717) is 17.4 Å². The van der Waals surface area contributed by atoms with E-state index in [1.54, 1.807) is 20.4 Å². The molecule has 0 spiro atoms. The van der Waals surface area contributed by atoms with Crippen LogP contribution in [0.1, 0.15) is 19.3 Å². The normalized spacial score (nSPS) is 18.3. The number of nitrogens with one attached hydrogen (secondary N) is 1. The van der Waals surface area contributed by atoms with Gasteiger partial charge >= 0.3 is 6.03 Å². The highest BCUT2D eigenvalue weighted by molar-refractivity contribution is 5.94. The lowest BCUT2D eigenvalue weighted by molar-refractivity contribution is 0.170. The maximum atomic E-state index is 12.0. The zero-order valence-electron chi connectivity index (χ0n) is 16.5. The van der Waals surface area contributed by atoms with Crippen molar-refractivity contribution in [2.24, 2.45) is 5.92 Å². The van der Waals surface area contributed by atoms with Crippen LogP contribution in [0.5, 0.6) is 11.5 Å². The number of nitrogens with zero attached hydrogens (tertiary/aromatic N) is 4. The molecule has 2 fully saturated rings. The molecule has 4 rings (SSSR count). The first kappa shape index (κ1) is 18.6. The van der Waals surface area contributed by atoms with Crippen LogP contribution in [0.4, 0.5) is 10.6 Å². The predicted molar refractivity (Wildman–Crippen MR) is 107 cm³/mol. The van der Waals surface area contributed by atoms with Gasteiger partial charge < -0.3 is 24.6 Å². The van der Waals surface area contributed by atoms with E-state index in [-0.39, 0.29) is 6.03 Å². The van der Waals surface area contributed by atoms with Crippen LogP contribution < -0.4 is 19.7 Å². The van der Waals surface area contributed by atoms with Gasteiger partial charge in [0.25, 0.3) is 0 Å². The van der Waals surface area contributed by atoms with Crippen molar-refractivity contribution in [1.82, 2.24) is 20.4 Å². The van der Waals surface area contributed by atoms with Gasteiger partial charge in [0.1, 0.15) is 0 Å². The fourth-order valence-corrected chi connectivity index (χ4v) is 4.12. The fraction of sp³-hybridized carbons (Fsp3) is 0.550. The molecule has 8 nitrogen and oxygen atoms in total. The van der Waals surface area contributed by atoms with Crippen LogP contribution in [0.25, 0.3) is 10.8 Å². The third-order valence-electron chi connectivity index (χ3n) is 5.71. The van der Waals surface area contributed by atoms with Gasteiger partial charge in [0.2, 0.25) is 0 Å². The predicted octanol–water partition coefficient (Wildman–Crippen LogP) is 2.28. The van der Waals surface area contributed by atoms with Gasteiger partial charge in [-0.15, -0.1) is 5.10 Å². The van der Waals surface area contributed by atoms with E-state index < -0.39 is 0 Å². The second-order valence-corrected chi connectivity index (χ2v) is 7.42. The van der Waals surface area contributed by atoms with Crippen LogP contribution in [0.15, 0.2) is 18.3 Å². The summed E-state index contributed by atoms with van der Waals surface area (Å²) in [7, 11) is 3.27. The smallest absolute Gasteiger partial charge is 0.317 e. The second-order valence-electron chi connectivity index (χ2n) is 7.42. The number of urea groups is 1. The number of benzene rings is 1. The molecule has 0 saturated carbocycles. The standard InChI is InChI=1S/C20H27N5O3/c1-27-17-10-15-12-22-23-19(16(15)11-18(17)28-2)24-8-4-14(5-9-24)13-25-7-3-6-21-20(25)26/h10-12,14H,3-9,13H2,1-2H3,(H,21,26). The fourth-order valence-electron chi connectivity index (χ4n) is 4.12. The number of ether oxygens (including phenoxy) is 2. The molecule has 0 unspecified atom stereocenters. The van der Waals surface area contributed by atoms with Gasteiger partial charge in [-0.3, -0.25) is 0 Å². The monoisotopic (exact) mass is 385 g/mol. The SMILES string of the molecule is COc1cc2cnnc(N3CCC(CN4CCCNC4=O)CC3)c2cc1OC. The number of hydrogen-bond acceptors (Lipinski definition) is 6. The quantitative estimate of drug-likeness (QED) is 0.851. The minimum atomic E-state index is 0.0784. The van der Waals surface area contributed by atoms with Crippen molar-refractivity contribution in [2.45, 2.75) is 19.3 Å². The Hall–Kier alpha value is -2.77. The summed E-state index contributed by atoms with van der Waals surface area (Å²) in [6.45, 7) is 4.31. The zero-order valence-corrected chi connectivity index (χ0v) is 16.5. The first-order chi connectivity index (χ1) is 13.7. The molecule has 28 heavy (non-hydrogen) atoms. The average Bonchev–Trinajstić information content (AvgIpc) is 2.74. The molecule has 3 heterocycles. The number of fused-ring (bicyclic) bond motifs is 1. The lowest BCUT2D eigenvalue weighted by Gasteiger charge is -2.36. The summed E-state index contributed by atoms with van der Waals surface area (Å²) in [5, 5.41) is 13.5. The van der Waals surface area contributed by atoms with E-state index in [9.17, 15) is 4.79 Å². The molecule has 0 aliphatic carbocycles. The zero-order chi connectivity index (χ0) is 19.5. The molecule has 2 saturated heterocycles. The van der Waals surface area contributed by atoms with Crippen molar-refractivity contribution in [3.63, 3.8) is 0 Å². The van der Waals surface area contributed by atoms with Crippen LogP contribution >= 0.6 is 0 Å². The first-order valence-corrected chi connectivity index (χ1v) is 9.84. The van der Waals surface area contributed by atoms with Gasteiger partial charge in [0, 0.05) is 43.5 Å². The summed E-state index contributed by atoms with van der Waals surface area (Å²) in [6, 6.07) is 3.99. The van der Waals surface area contributed by atoms with E-state index >= 15 is 0 Å². The Bertz CT molecular complexity index is 851. The number of carbonyl (C=O) groups is 1. The van der Waals surface area contributed by atoms with Crippen molar-refractivity contribution < 1.29 is 14.3 Å². The van der Waals surface area contributed by atoms with Crippen LogP contribution in [-0.4, -0.2) is 68.1 Å². The van der Waals surface area contributed by atoms with Gasteiger partial charge in [-0.05, 0) is 37.3 Å². The number of carbonyl (C=O) groups excluding carboxylic acids is 1. The third kappa shape index (κ3) is 3.63. The van der Waals surface area contributed by atoms with Crippen molar-refractivity contribution in [1.29, 1.82) is 0 Å². The molecular weight excluding hydrogens is 358 g/mol. The maximum Gasteiger partial charge on any atom is 0.317 e. The van der Waals surface area contributed by atoms with Gasteiger partial charge in [0.05, 0.1) is 20.4 Å². The van der Waals surface area contributed by atoms with Gasteiger partial charge in [0.15, 0.2) is 17.3 Å². The molecular formula is C20H27N5O3. The maximum absolute atomic E-state index is 12.0. The number of rotatable bonds is 5. The summed E-state index contributed by atoms with van der Waals surface area (Å²) < 4.78 is 10.9. The molecule has 1 aromatic carbocycles. The summed E-state index contributed by atoms with van der Waals surface area (Å²) in [4.78, 5) is 16.2. The summed E-state index contributed by atoms with van der Waals surface area (Å²) in [6.07, 6.45) is 4.86.